The number of nitrogens with zero attached hydrogens (tertiary/aromatic N) is 1. The Balaban J connectivity index is 2.22. The Morgan fingerprint density at radius 3 is 2.75 bits per heavy atom. The van der Waals surface area contributed by atoms with Gasteiger partial charge in [0.25, 0.3) is 0 Å². The zero-order valence-corrected chi connectivity index (χ0v) is 11.0. The van der Waals surface area contributed by atoms with Crippen LogP contribution in [0.1, 0.15) is 5.56 Å². The minimum Gasteiger partial charge on any atom is -0.382 e. The summed E-state index contributed by atoms with van der Waals surface area (Å²) < 4.78 is 0. The lowest BCUT2D eigenvalue weighted by molar-refractivity contribution is 1.10. The van der Waals surface area contributed by atoms with Gasteiger partial charge in [-0.25, -0.2) is 0 Å². The average molecular weight is 266 g/mol. The number of nitrogens with one attached hydrogen (secondary N) is 2. The number of aryl methyl sites for hydroxylation is 1. The molecule has 0 amide bonds. The molecule has 0 saturated carbocycles. The fourth-order valence-corrected chi connectivity index (χ4v) is 2.26. The van der Waals surface area contributed by atoms with E-state index < -0.39 is 0 Å². The molecule has 0 spiro atoms. The van der Waals surface area contributed by atoms with Crippen LogP contribution in [-0.4, -0.2) is 15.2 Å². The molecule has 0 unspecified atom stereocenters. The molecule has 0 aliphatic rings. The van der Waals surface area contributed by atoms with Gasteiger partial charge in [0.1, 0.15) is 0 Å². The van der Waals surface area contributed by atoms with Crippen LogP contribution in [0.4, 0.5) is 5.82 Å². The number of benzene rings is 1. The molecule has 1 aromatic carbocycles. The van der Waals surface area contributed by atoms with Gasteiger partial charge in [-0.2, -0.15) is 5.10 Å². The van der Waals surface area contributed by atoms with E-state index >= 15 is 0 Å². The van der Waals surface area contributed by atoms with E-state index in [1.807, 2.05) is 37.3 Å². The molecule has 3 rings (SSSR count). The molecule has 5 heteroatoms. The fraction of sp³-hybridized carbons (Fsp3) is 0.0667. The fourth-order valence-electron chi connectivity index (χ4n) is 2.26. The molecule has 3 aromatic rings. The summed E-state index contributed by atoms with van der Waals surface area (Å²) >= 11 is 0. The van der Waals surface area contributed by atoms with Crippen molar-refractivity contribution in [1.29, 1.82) is 0 Å². The Kier molecular flexibility index (Phi) is 2.87. The lowest BCUT2D eigenvalue weighted by Gasteiger charge is -2.05. The van der Waals surface area contributed by atoms with E-state index in [0.717, 1.165) is 27.9 Å². The second kappa shape index (κ2) is 4.70. The van der Waals surface area contributed by atoms with Gasteiger partial charge in [-0.15, -0.1) is 0 Å². The van der Waals surface area contributed by atoms with E-state index in [9.17, 15) is 4.79 Å². The van der Waals surface area contributed by atoms with Crippen LogP contribution in [0.3, 0.4) is 0 Å². The third-order valence-corrected chi connectivity index (χ3v) is 3.16. The summed E-state index contributed by atoms with van der Waals surface area (Å²) in [5.41, 5.74) is 10.3. The van der Waals surface area contributed by atoms with Crippen LogP contribution in [0.25, 0.3) is 22.4 Å². The van der Waals surface area contributed by atoms with E-state index in [2.05, 4.69) is 15.2 Å². The van der Waals surface area contributed by atoms with Gasteiger partial charge in [0.15, 0.2) is 5.82 Å². The van der Waals surface area contributed by atoms with Crippen molar-refractivity contribution in [2.75, 3.05) is 5.73 Å². The zero-order chi connectivity index (χ0) is 14.1. The van der Waals surface area contributed by atoms with Crippen molar-refractivity contribution >= 4 is 5.82 Å². The predicted octanol–water partition coefficient (Wildman–Crippen LogP) is 2.32. The third kappa shape index (κ3) is 2.09. The van der Waals surface area contributed by atoms with Gasteiger partial charge < -0.3 is 10.7 Å². The molecule has 2 heterocycles. The summed E-state index contributed by atoms with van der Waals surface area (Å²) in [5, 5.41) is 6.98. The first-order valence-corrected chi connectivity index (χ1v) is 6.25. The summed E-state index contributed by atoms with van der Waals surface area (Å²) in [5.74, 6) is 0.422. The monoisotopic (exact) mass is 266 g/mol. The van der Waals surface area contributed by atoms with Crippen molar-refractivity contribution in [3.63, 3.8) is 0 Å². The standard InChI is InChI=1S/C15H14N4O/c1-9-3-2-4-10(7-9)13-14(18-19-15(13)16)11-5-6-17-12(20)8-11/h2-8H,1H3,(H,17,20)(H3,16,18,19). The third-order valence-electron chi connectivity index (χ3n) is 3.16. The van der Waals surface area contributed by atoms with Crippen molar-refractivity contribution in [2.45, 2.75) is 6.92 Å². The normalized spacial score (nSPS) is 10.7. The van der Waals surface area contributed by atoms with E-state index in [1.54, 1.807) is 6.20 Å². The Labute approximate surface area is 115 Å². The lowest BCUT2D eigenvalue weighted by atomic mass is 10.00. The first kappa shape index (κ1) is 12.2. The Hall–Kier alpha value is -2.82. The zero-order valence-electron chi connectivity index (χ0n) is 11.0. The molecule has 0 fully saturated rings. The molecular weight excluding hydrogens is 252 g/mol. The van der Waals surface area contributed by atoms with E-state index in [1.165, 1.54) is 6.07 Å². The second-order valence-corrected chi connectivity index (χ2v) is 4.67. The number of hydrogen-bond acceptors (Lipinski definition) is 3. The molecule has 0 radical (unpaired) electrons. The predicted molar refractivity (Wildman–Crippen MR) is 79.2 cm³/mol. The number of H-pyrrole nitrogens is 2. The van der Waals surface area contributed by atoms with E-state index in [0.29, 0.717) is 5.82 Å². The van der Waals surface area contributed by atoms with Gasteiger partial charge >= 0.3 is 0 Å². The maximum Gasteiger partial charge on any atom is 0.248 e. The Morgan fingerprint density at radius 2 is 2.00 bits per heavy atom. The number of rotatable bonds is 2. The van der Waals surface area contributed by atoms with Crippen molar-refractivity contribution in [3.8, 4) is 22.4 Å². The largest absolute Gasteiger partial charge is 0.382 e. The topological polar surface area (TPSA) is 87.6 Å². The number of aromatic amines is 2. The van der Waals surface area contributed by atoms with Gasteiger partial charge in [0.2, 0.25) is 5.56 Å². The molecule has 5 nitrogen and oxygen atoms in total. The summed E-state index contributed by atoms with van der Waals surface area (Å²) in [6, 6.07) is 11.3. The van der Waals surface area contributed by atoms with Crippen molar-refractivity contribution in [1.82, 2.24) is 15.2 Å². The van der Waals surface area contributed by atoms with Gasteiger partial charge in [-0.05, 0) is 18.6 Å². The molecule has 0 atom stereocenters. The van der Waals surface area contributed by atoms with E-state index in [-0.39, 0.29) is 5.56 Å². The molecule has 2 aromatic heterocycles. The number of pyridine rings is 1. The van der Waals surface area contributed by atoms with Crippen LogP contribution < -0.4 is 11.3 Å². The quantitative estimate of drug-likeness (QED) is 0.665. The molecule has 20 heavy (non-hydrogen) atoms. The van der Waals surface area contributed by atoms with Gasteiger partial charge in [-0.1, -0.05) is 29.8 Å². The first-order valence-electron chi connectivity index (χ1n) is 6.25. The van der Waals surface area contributed by atoms with Crippen LogP contribution in [0, 0.1) is 6.92 Å². The van der Waals surface area contributed by atoms with Crippen LogP contribution in [-0.2, 0) is 0 Å². The lowest BCUT2D eigenvalue weighted by Crippen LogP contribution is -2.02. The molecule has 0 aliphatic heterocycles. The summed E-state index contributed by atoms with van der Waals surface area (Å²) in [4.78, 5) is 14.0. The van der Waals surface area contributed by atoms with Crippen molar-refractivity contribution in [3.05, 3.63) is 58.5 Å². The number of nitrogens with two attached hydrogens (primary N) is 1. The van der Waals surface area contributed by atoms with Gasteiger partial charge in [0, 0.05) is 17.8 Å². The molecule has 4 N–H and O–H groups in total. The van der Waals surface area contributed by atoms with Crippen LogP contribution in [0.2, 0.25) is 0 Å². The van der Waals surface area contributed by atoms with Gasteiger partial charge in [-0.3, -0.25) is 9.89 Å². The smallest absolute Gasteiger partial charge is 0.248 e. The maximum atomic E-state index is 11.5. The maximum absolute atomic E-state index is 11.5. The summed E-state index contributed by atoms with van der Waals surface area (Å²) in [6.07, 6.45) is 1.61. The van der Waals surface area contributed by atoms with Crippen LogP contribution in [0.15, 0.2) is 47.4 Å². The summed E-state index contributed by atoms with van der Waals surface area (Å²) in [7, 11) is 0. The highest BCUT2D eigenvalue weighted by Crippen LogP contribution is 2.34. The number of hydrogen-bond donors (Lipinski definition) is 3. The SMILES string of the molecule is Cc1cccc(-c2c(N)n[nH]c2-c2cc[nH]c(=O)c2)c1. The van der Waals surface area contributed by atoms with Crippen LogP contribution >= 0.6 is 0 Å². The highest BCUT2D eigenvalue weighted by molar-refractivity contribution is 5.87. The van der Waals surface area contributed by atoms with Crippen molar-refractivity contribution < 1.29 is 0 Å². The number of nitrogen functional groups attached to an aromatic ring is 1. The first-order chi connectivity index (χ1) is 9.65. The molecular formula is C15H14N4O. The highest BCUT2D eigenvalue weighted by Gasteiger charge is 2.14. The minimum absolute atomic E-state index is 0.161. The second-order valence-electron chi connectivity index (χ2n) is 4.67. The van der Waals surface area contributed by atoms with Gasteiger partial charge in [0.05, 0.1) is 11.3 Å². The Morgan fingerprint density at radius 1 is 1.15 bits per heavy atom. The Bertz CT molecular complexity index is 816. The molecule has 0 saturated heterocycles. The minimum atomic E-state index is -0.161. The molecule has 100 valence electrons. The summed E-state index contributed by atoms with van der Waals surface area (Å²) in [6.45, 7) is 2.02. The highest BCUT2D eigenvalue weighted by atomic mass is 16.1. The average Bonchev–Trinajstić information content (AvgIpc) is 2.80. The van der Waals surface area contributed by atoms with E-state index in [4.69, 9.17) is 5.73 Å². The van der Waals surface area contributed by atoms with Crippen LogP contribution in [0.5, 0.6) is 0 Å². The molecule has 0 bridgehead atoms. The van der Waals surface area contributed by atoms with Crippen molar-refractivity contribution in [2.24, 2.45) is 0 Å². The molecule has 0 aliphatic carbocycles. The number of aromatic nitrogens is 3. The number of anilines is 1.